The zero-order valence-electron chi connectivity index (χ0n) is 23.9. The molecule has 214 valence electrons. The maximum Gasteiger partial charge on any atom is 0.185 e. The van der Waals surface area contributed by atoms with E-state index in [1.54, 1.807) is 12.5 Å². The van der Waals surface area contributed by atoms with Gasteiger partial charge >= 0.3 is 0 Å². The highest BCUT2D eigenvalue weighted by molar-refractivity contribution is 5.96. The number of aromatic amines is 1. The molecule has 3 aromatic heterocycles. The van der Waals surface area contributed by atoms with Crippen molar-refractivity contribution in [3.8, 4) is 23.1 Å². The first-order chi connectivity index (χ1) is 20.6. The third-order valence-corrected chi connectivity index (χ3v) is 7.79. The van der Waals surface area contributed by atoms with Crippen LogP contribution in [0.2, 0.25) is 0 Å². The predicted octanol–water partition coefficient (Wildman–Crippen LogP) is 3.98. The van der Waals surface area contributed by atoms with Crippen LogP contribution in [0.5, 0.6) is 0 Å². The van der Waals surface area contributed by atoms with Crippen LogP contribution in [0.15, 0.2) is 67.3 Å². The maximum atomic E-state index is 13.2. The molecule has 5 heterocycles. The number of allylic oxidation sites excluding steroid dienone is 1. The lowest BCUT2D eigenvalue weighted by Crippen LogP contribution is -2.36. The Kier molecular flexibility index (Phi) is 8.26. The molecule has 0 amide bonds. The average molecular weight is 562 g/mol. The second kappa shape index (κ2) is 12.6. The van der Waals surface area contributed by atoms with Crippen molar-refractivity contribution in [2.75, 3.05) is 44.3 Å². The molecule has 0 radical (unpaired) electrons. The van der Waals surface area contributed by atoms with Crippen LogP contribution in [-0.4, -0.2) is 76.1 Å². The second-order valence-electron chi connectivity index (χ2n) is 10.8. The van der Waals surface area contributed by atoms with Crippen LogP contribution in [0, 0.1) is 11.8 Å². The maximum absolute atomic E-state index is 13.2. The lowest BCUT2D eigenvalue weighted by Gasteiger charge is -2.27. The van der Waals surface area contributed by atoms with E-state index in [4.69, 9.17) is 4.74 Å². The quantitative estimate of drug-likeness (QED) is 0.234. The molecule has 2 fully saturated rings. The normalized spacial score (nSPS) is 17.2. The number of fused-ring (bicyclic) bond motifs is 1. The van der Waals surface area contributed by atoms with E-state index in [1.807, 2.05) is 43.3 Å². The third-order valence-electron chi connectivity index (χ3n) is 7.79. The number of benzene rings is 1. The van der Waals surface area contributed by atoms with E-state index in [1.165, 1.54) is 0 Å². The number of ether oxygens (including phenoxy) is 1. The molecule has 0 aliphatic carbocycles. The second-order valence-corrected chi connectivity index (χ2v) is 10.8. The molecule has 42 heavy (non-hydrogen) atoms. The minimum absolute atomic E-state index is 0.0102. The number of likely N-dealkylation sites (tertiary alicyclic amines) is 1. The predicted molar refractivity (Wildman–Crippen MR) is 164 cm³/mol. The summed E-state index contributed by atoms with van der Waals surface area (Å²) in [5.74, 6) is 6.79. The Morgan fingerprint density at radius 2 is 1.93 bits per heavy atom. The number of anilines is 1. The van der Waals surface area contributed by atoms with Crippen molar-refractivity contribution >= 4 is 22.6 Å². The van der Waals surface area contributed by atoms with Gasteiger partial charge in [0.1, 0.15) is 23.5 Å². The van der Waals surface area contributed by atoms with Crippen molar-refractivity contribution in [3.63, 3.8) is 0 Å². The standard InChI is InChI=1S/C33H35N7O2/c1-3-4-23(2)37-27-10-12-39(21-27)20-25-9-11-34-30(17-25)31(41)18-24-5-7-26(8-6-24)29-19-28-32(38-29)35-22-36-33(28)40-13-15-42-16-14-40/h5-9,11,17,19,22,27,37H,2,10,12-16,18,20-21H2,1H3,(H,35,36,38). The van der Waals surface area contributed by atoms with Gasteiger partial charge in [-0.2, -0.15) is 0 Å². The summed E-state index contributed by atoms with van der Waals surface area (Å²) < 4.78 is 5.50. The summed E-state index contributed by atoms with van der Waals surface area (Å²) in [6.07, 6.45) is 4.68. The van der Waals surface area contributed by atoms with Gasteiger partial charge in [-0.1, -0.05) is 42.7 Å². The Hall–Kier alpha value is -4.52. The van der Waals surface area contributed by atoms with Gasteiger partial charge in [-0.25, -0.2) is 9.97 Å². The Morgan fingerprint density at radius 3 is 2.74 bits per heavy atom. The number of ketones is 1. The van der Waals surface area contributed by atoms with Gasteiger partial charge in [-0.05, 0) is 48.2 Å². The summed E-state index contributed by atoms with van der Waals surface area (Å²) in [5.41, 5.74) is 6.11. The average Bonchev–Trinajstić information content (AvgIpc) is 3.65. The topological polar surface area (TPSA) is 99.3 Å². The number of hydrogen-bond donors (Lipinski definition) is 2. The fraction of sp³-hybridized carbons (Fsp3) is 0.333. The molecule has 2 aliphatic heterocycles. The van der Waals surface area contributed by atoms with Crippen LogP contribution < -0.4 is 10.2 Å². The van der Waals surface area contributed by atoms with E-state index in [2.05, 4.69) is 59.5 Å². The summed E-state index contributed by atoms with van der Waals surface area (Å²) in [6, 6.07) is 14.4. The van der Waals surface area contributed by atoms with Crippen LogP contribution in [-0.2, 0) is 17.7 Å². The molecule has 4 aromatic rings. The first-order valence-electron chi connectivity index (χ1n) is 14.4. The highest BCUT2D eigenvalue weighted by atomic mass is 16.5. The largest absolute Gasteiger partial charge is 0.378 e. The van der Waals surface area contributed by atoms with Crippen LogP contribution in [0.25, 0.3) is 22.3 Å². The van der Waals surface area contributed by atoms with E-state index < -0.39 is 0 Å². The minimum Gasteiger partial charge on any atom is -0.378 e. The third kappa shape index (κ3) is 6.35. The van der Waals surface area contributed by atoms with Gasteiger partial charge in [-0.15, -0.1) is 0 Å². The molecular formula is C33H35N7O2. The Balaban J connectivity index is 1.08. The van der Waals surface area contributed by atoms with Gasteiger partial charge < -0.3 is 19.9 Å². The number of carbonyl (C=O) groups excluding carboxylic acids is 1. The molecule has 2 N–H and O–H groups in total. The Morgan fingerprint density at radius 1 is 1.10 bits per heavy atom. The fourth-order valence-electron chi connectivity index (χ4n) is 5.70. The van der Waals surface area contributed by atoms with Crippen LogP contribution in [0.4, 0.5) is 5.82 Å². The smallest absolute Gasteiger partial charge is 0.185 e. The van der Waals surface area contributed by atoms with E-state index >= 15 is 0 Å². The monoisotopic (exact) mass is 561 g/mol. The lowest BCUT2D eigenvalue weighted by molar-refractivity contribution is 0.0988. The van der Waals surface area contributed by atoms with Crippen molar-refractivity contribution < 1.29 is 9.53 Å². The van der Waals surface area contributed by atoms with Crippen molar-refractivity contribution in [1.82, 2.24) is 30.2 Å². The Labute approximate surface area is 246 Å². The van der Waals surface area contributed by atoms with Crippen LogP contribution in [0.1, 0.15) is 35.0 Å². The number of hydrogen-bond acceptors (Lipinski definition) is 8. The van der Waals surface area contributed by atoms with E-state index in [0.717, 1.165) is 84.1 Å². The number of nitrogens with zero attached hydrogens (tertiary/aromatic N) is 5. The summed E-state index contributed by atoms with van der Waals surface area (Å²) in [7, 11) is 0. The van der Waals surface area contributed by atoms with Crippen molar-refractivity contribution in [2.45, 2.75) is 32.4 Å². The summed E-state index contributed by atoms with van der Waals surface area (Å²) >= 11 is 0. The number of aromatic nitrogens is 4. The highest BCUT2D eigenvalue weighted by Crippen LogP contribution is 2.29. The van der Waals surface area contributed by atoms with Gasteiger partial charge in [0.2, 0.25) is 0 Å². The van der Waals surface area contributed by atoms with E-state index in [9.17, 15) is 4.79 Å². The molecule has 0 bridgehead atoms. The number of Topliss-reactive ketones (excluding diaryl/α,β-unsaturated/α-hetero) is 1. The molecule has 0 saturated carbocycles. The molecule has 1 aromatic carbocycles. The minimum atomic E-state index is 0.0102. The zero-order chi connectivity index (χ0) is 28.9. The van der Waals surface area contributed by atoms with Crippen molar-refractivity contribution in [2.24, 2.45) is 0 Å². The molecule has 1 atom stereocenters. The number of carbonyl (C=O) groups is 1. The summed E-state index contributed by atoms with van der Waals surface area (Å²) in [6.45, 7) is 11.5. The first-order valence-corrected chi connectivity index (χ1v) is 14.4. The number of H-pyrrole nitrogens is 1. The molecule has 9 nitrogen and oxygen atoms in total. The van der Waals surface area contributed by atoms with Crippen LogP contribution in [0.3, 0.4) is 0 Å². The SMILES string of the molecule is C=C(C#CC)NC1CCN(Cc2ccnc(C(=O)Cc3ccc(-c4cc5c(N6CCOCC6)ncnc5[nH]4)cc3)c2)C1. The molecule has 0 spiro atoms. The van der Waals surface area contributed by atoms with E-state index in [0.29, 0.717) is 31.4 Å². The van der Waals surface area contributed by atoms with E-state index in [-0.39, 0.29) is 5.78 Å². The lowest BCUT2D eigenvalue weighted by atomic mass is 10.0. The van der Waals surface area contributed by atoms with Gasteiger partial charge in [0.25, 0.3) is 0 Å². The number of nitrogens with one attached hydrogen (secondary N) is 2. The number of pyridine rings is 1. The van der Waals surface area contributed by atoms with Gasteiger partial charge in [0.05, 0.1) is 24.3 Å². The molecule has 2 saturated heterocycles. The summed E-state index contributed by atoms with van der Waals surface area (Å²) in [5, 5.41) is 4.40. The van der Waals surface area contributed by atoms with Crippen LogP contribution >= 0.6 is 0 Å². The molecule has 2 aliphatic rings. The zero-order valence-corrected chi connectivity index (χ0v) is 23.9. The molecule has 1 unspecified atom stereocenters. The number of morpholine rings is 1. The van der Waals surface area contributed by atoms with Gasteiger partial charge in [0.15, 0.2) is 5.78 Å². The van der Waals surface area contributed by atoms with Crippen molar-refractivity contribution in [1.29, 1.82) is 0 Å². The van der Waals surface area contributed by atoms with Crippen molar-refractivity contribution in [3.05, 3.63) is 84.1 Å². The number of rotatable bonds is 9. The van der Waals surface area contributed by atoms with Gasteiger partial charge in [0, 0.05) is 57.1 Å². The summed E-state index contributed by atoms with van der Waals surface area (Å²) in [4.78, 5) is 34.6. The first kappa shape index (κ1) is 27.6. The van der Waals surface area contributed by atoms with Gasteiger partial charge in [-0.3, -0.25) is 14.7 Å². The molecule has 6 rings (SSSR count). The fourth-order valence-corrected chi connectivity index (χ4v) is 5.70. The molecular weight excluding hydrogens is 526 g/mol. The highest BCUT2D eigenvalue weighted by Gasteiger charge is 2.23. The Bertz CT molecular complexity index is 1640. The molecule has 9 heteroatoms.